The van der Waals surface area contributed by atoms with Crippen molar-refractivity contribution in [3.63, 3.8) is 0 Å². The van der Waals surface area contributed by atoms with E-state index in [-0.39, 0.29) is 30.4 Å². The average molecular weight is 492 g/mol. The first-order valence-electron chi connectivity index (χ1n) is 11.6. The Morgan fingerprint density at radius 1 is 0.938 bits per heavy atom. The Balaban J connectivity index is 1.48. The van der Waals surface area contributed by atoms with Gasteiger partial charge in [0.1, 0.15) is 12.6 Å². The van der Waals surface area contributed by atoms with E-state index in [9.17, 15) is 9.59 Å². The molecule has 1 unspecified atom stereocenters. The van der Waals surface area contributed by atoms with Crippen LogP contribution in [0, 0.1) is 0 Å². The van der Waals surface area contributed by atoms with Crippen LogP contribution in [0.1, 0.15) is 55.0 Å². The first-order valence-corrected chi connectivity index (χ1v) is 12.4. The fraction of sp³-hybridized carbons (Fsp3) is 0.385. The molecule has 1 aromatic heterocycles. The topological polar surface area (TPSA) is 56.4 Å². The van der Waals surface area contributed by atoms with Crippen LogP contribution in [0.4, 0.5) is 0 Å². The van der Waals surface area contributed by atoms with Crippen molar-refractivity contribution in [1.29, 1.82) is 0 Å². The predicted molar refractivity (Wildman–Crippen MR) is 127 cm³/mol. The smallest absolute Gasteiger partial charge is 0.246 e. The number of aromatic nitrogens is 1. The van der Waals surface area contributed by atoms with Gasteiger partial charge in [0.05, 0.1) is 6.04 Å². The third kappa shape index (κ3) is 3.11. The predicted octanol–water partition coefficient (Wildman–Crippen LogP) is 4.95. The highest BCUT2D eigenvalue weighted by Gasteiger charge is 2.49. The van der Waals surface area contributed by atoms with Gasteiger partial charge in [-0.3, -0.25) is 9.59 Å². The number of para-hydroxylation sites is 1. The van der Waals surface area contributed by atoms with E-state index < -0.39 is 6.04 Å². The standard InChI is InChI=1S/C26H26BrN3O2/c27-17-12-10-16(11-13-17)25-24-20(19-8-4-5-9-21(19)28-24)14-22-26(32)29(15-23(31)30(22)25)18-6-2-1-3-7-18/h4-5,8-13,18,22,25,28H,1-3,6-7,14-15H2/t22-,25?/m0/s1. The third-order valence-corrected chi connectivity index (χ3v) is 8.02. The summed E-state index contributed by atoms with van der Waals surface area (Å²) in [7, 11) is 0. The first-order chi connectivity index (χ1) is 15.6. The van der Waals surface area contributed by atoms with Crippen molar-refractivity contribution in [3.05, 3.63) is 69.8 Å². The molecule has 1 saturated carbocycles. The number of fused-ring (bicyclic) bond motifs is 4. The van der Waals surface area contributed by atoms with Crippen LogP contribution in [0.15, 0.2) is 53.0 Å². The third-order valence-electron chi connectivity index (χ3n) is 7.49. The van der Waals surface area contributed by atoms with E-state index in [0.717, 1.165) is 52.3 Å². The number of carbonyl (C=O) groups excluding carboxylic acids is 2. The molecule has 32 heavy (non-hydrogen) atoms. The molecule has 1 N–H and O–H groups in total. The zero-order valence-electron chi connectivity index (χ0n) is 17.9. The van der Waals surface area contributed by atoms with Crippen LogP contribution in [-0.2, 0) is 16.0 Å². The van der Waals surface area contributed by atoms with Crippen LogP contribution in [0.3, 0.4) is 0 Å². The van der Waals surface area contributed by atoms with Gasteiger partial charge in [-0.05, 0) is 42.2 Å². The molecule has 1 aliphatic carbocycles. The molecule has 2 amide bonds. The zero-order chi connectivity index (χ0) is 21.8. The van der Waals surface area contributed by atoms with Crippen LogP contribution in [0.25, 0.3) is 10.9 Å². The average Bonchev–Trinajstić information content (AvgIpc) is 3.20. The summed E-state index contributed by atoms with van der Waals surface area (Å²) in [5, 5.41) is 1.15. The lowest BCUT2D eigenvalue weighted by Gasteiger charge is -2.49. The van der Waals surface area contributed by atoms with Crippen molar-refractivity contribution in [3.8, 4) is 0 Å². The Kier molecular flexibility index (Phi) is 4.86. The monoisotopic (exact) mass is 491 g/mol. The number of benzene rings is 2. The van der Waals surface area contributed by atoms with E-state index in [4.69, 9.17) is 0 Å². The number of rotatable bonds is 2. The molecule has 0 bridgehead atoms. The highest BCUT2D eigenvalue weighted by Crippen LogP contribution is 2.43. The second-order valence-corrected chi connectivity index (χ2v) is 10.2. The van der Waals surface area contributed by atoms with Crippen molar-refractivity contribution >= 4 is 38.6 Å². The maximum Gasteiger partial charge on any atom is 0.246 e. The minimum absolute atomic E-state index is 0.0531. The number of amides is 2. The van der Waals surface area contributed by atoms with Gasteiger partial charge in [0.15, 0.2) is 0 Å². The summed E-state index contributed by atoms with van der Waals surface area (Å²) in [6, 6.07) is 15.8. The number of nitrogens with zero attached hydrogens (tertiary/aromatic N) is 2. The lowest BCUT2D eigenvalue weighted by atomic mass is 9.85. The number of hydrogen-bond donors (Lipinski definition) is 1. The Bertz CT molecular complexity index is 1200. The summed E-state index contributed by atoms with van der Waals surface area (Å²) >= 11 is 3.52. The van der Waals surface area contributed by atoms with Crippen LogP contribution in [0.5, 0.6) is 0 Å². The molecule has 0 spiro atoms. The number of piperazine rings is 1. The number of carbonyl (C=O) groups is 2. The quantitative estimate of drug-likeness (QED) is 0.551. The molecule has 5 nitrogen and oxygen atoms in total. The molecule has 2 atom stereocenters. The fourth-order valence-corrected chi connectivity index (χ4v) is 6.24. The number of hydrogen-bond acceptors (Lipinski definition) is 2. The van der Waals surface area contributed by atoms with Gasteiger partial charge in [-0.25, -0.2) is 0 Å². The van der Waals surface area contributed by atoms with E-state index >= 15 is 0 Å². The summed E-state index contributed by atoms with van der Waals surface area (Å²) in [5.74, 6) is 0.173. The molecule has 1 saturated heterocycles. The van der Waals surface area contributed by atoms with E-state index in [1.165, 1.54) is 12.0 Å². The Hall–Kier alpha value is -2.60. The Morgan fingerprint density at radius 3 is 2.47 bits per heavy atom. The molecule has 3 aromatic rings. The molecule has 6 rings (SSSR count). The molecular formula is C26H26BrN3O2. The van der Waals surface area contributed by atoms with Crippen molar-refractivity contribution < 1.29 is 9.59 Å². The molecule has 0 radical (unpaired) electrons. The van der Waals surface area contributed by atoms with Gasteiger partial charge < -0.3 is 14.8 Å². The van der Waals surface area contributed by atoms with E-state index in [0.29, 0.717) is 6.42 Å². The summed E-state index contributed by atoms with van der Waals surface area (Å²) < 4.78 is 0.995. The Morgan fingerprint density at radius 2 is 1.69 bits per heavy atom. The SMILES string of the molecule is O=C1[C@@H]2Cc3c([nH]c4ccccc34)C(c3ccc(Br)cc3)N2C(=O)CN1C1CCCCC1. The molecule has 3 heterocycles. The molecule has 164 valence electrons. The molecule has 6 heteroatoms. The van der Waals surface area contributed by atoms with Gasteiger partial charge in [-0.15, -0.1) is 0 Å². The number of H-pyrrole nitrogens is 1. The normalized spacial score (nSPS) is 24.0. The van der Waals surface area contributed by atoms with Gasteiger partial charge in [0.25, 0.3) is 0 Å². The minimum Gasteiger partial charge on any atom is -0.356 e. The van der Waals surface area contributed by atoms with E-state index in [1.54, 1.807) is 0 Å². The maximum atomic E-state index is 13.8. The molecule has 3 aliphatic rings. The second-order valence-electron chi connectivity index (χ2n) is 9.30. The van der Waals surface area contributed by atoms with Crippen molar-refractivity contribution in [2.24, 2.45) is 0 Å². The van der Waals surface area contributed by atoms with Crippen molar-refractivity contribution in [2.75, 3.05) is 6.54 Å². The van der Waals surface area contributed by atoms with Crippen LogP contribution < -0.4 is 0 Å². The summed E-state index contributed by atoms with van der Waals surface area (Å²) in [4.78, 5) is 34.8. The van der Waals surface area contributed by atoms with Gasteiger partial charge in [-0.2, -0.15) is 0 Å². The summed E-state index contributed by atoms with van der Waals surface area (Å²) in [6.45, 7) is 0.197. The highest BCUT2D eigenvalue weighted by molar-refractivity contribution is 9.10. The summed E-state index contributed by atoms with van der Waals surface area (Å²) in [6.07, 6.45) is 6.11. The van der Waals surface area contributed by atoms with Crippen LogP contribution in [0.2, 0.25) is 0 Å². The lowest BCUT2D eigenvalue weighted by molar-refractivity contribution is -0.161. The number of aromatic amines is 1. The molecular weight excluding hydrogens is 466 g/mol. The lowest BCUT2D eigenvalue weighted by Crippen LogP contribution is -2.64. The maximum absolute atomic E-state index is 13.8. The van der Waals surface area contributed by atoms with Crippen LogP contribution >= 0.6 is 15.9 Å². The molecule has 2 aliphatic heterocycles. The molecule has 2 fully saturated rings. The van der Waals surface area contributed by atoms with Crippen molar-refractivity contribution in [2.45, 2.75) is 56.7 Å². The largest absolute Gasteiger partial charge is 0.356 e. The van der Waals surface area contributed by atoms with Gasteiger partial charge >= 0.3 is 0 Å². The van der Waals surface area contributed by atoms with E-state index in [2.05, 4.69) is 45.2 Å². The number of nitrogens with one attached hydrogen (secondary N) is 1. The summed E-state index contributed by atoms with van der Waals surface area (Å²) in [5.41, 5.74) is 4.29. The second kappa shape index (κ2) is 7.77. The van der Waals surface area contributed by atoms with Gasteiger partial charge in [-0.1, -0.05) is 65.5 Å². The fourth-order valence-electron chi connectivity index (χ4n) is 5.98. The van der Waals surface area contributed by atoms with E-state index in [1.807, 2.05) is 34.1 Å². The molecule has 2 aromatic carbocycles. The van der Waals surface area contributed by atoms with Crippen molar-refractivity contribution in [1.82, 2.24) is 14.8 Å². The van der Waals surface area contributed by atoms with Gasteiger partial charge in [0, 0.05) is 33.5 Å². The van der Waals surface area contributed by atoms with Gasteiger partial charge in [0.2, 0.25) is 11.8 Å². The van der Waals surface area contributed by atoms with Crippen LogP contribution in [-0.4, -0.2) is 45.2 Å². The zero-order valence-corrected chi connectivity index (χ0v) is 19.5. The highest BCUT2D eigenvalue weighted by atomic mass is 79.9. The Labute approximate surface area is 195 Å². The minimum atomic E-state index is -0.446. The first kappa shape index (κ1) is 20.0. The number of halogens is 1.